The van der Waals surface area contributed by atoms with Crippen LogP contribution in [0.15, 0.2) is 18.2 Å². The normalized spacial score (nSPS) is 14.0. The fourth-order valence-electron chi connectivity index (χ4n) is 3.68. The number of rotatable bonds is 14. The highest BCUT2D eigenvalue weighted by atomic mass is 16.7. The standard InChI is InChI=1S/C30H47NO9/c1-10-11-19(2)37-28(36)38-20(3)18-31-22(27(34)35)14-21-12-13-23(39-25(32)16-29(4,5)6)24(15-21)40-26(33)17-30(7,8)9/h12-13,15,19-20,22,31H,10-11,14,16-18H2,1-9H3,(H,34,35)/t19?,20?,22-/m0/s1. The number of carboxylic acid groups (broad SMARTS) is 1. The summed E-state index contributed by atoms with van der Waals surface area (Å²) in [6.45, 7) is 16.9. The third kappa shape index (κ3) is 14.9. The zero-order valence-electron chi connectivity index (χ0n) is 25.4. The molecule has 0 amide bonds. The van der Waals surface area contributed by atoms with Crippen molar-refractivity contribution in [3.63, 3.8) is 0 Å². The fourth-order valence-corrected chi connectivity index (χ4v) is 3.68. The summed E-state index contributed by atoms with van der Waals surface area (Å²) in [5.41, 5.74) is -0.0864. The Hall–Kier alpha value is -3.14. The topological polar surface area (TPSA) is 137 Å². The number of carboxylic acids is 1. The van der Waals surface area contributed by atoms with E-state index >= 15 is 0 Å². The van der Waals surface area contributed by atoms with Crippen LogP contribution in [0.4, 0.5) is 4.79 Å². The Bertz CT molecular complexity index is 1010. The lowest BCUT2D eigenvalue weighted by atomic mass is 9.92. The molecule has 0 aromatic heterocycles. The van der Waals surface area contributed by atoms with Crippen molar-refractivity contribution in [2.24, 2.45) is 10.8 Å². The van der Waals surface area contributed by atoms with Crippen LogP contribution in [0.1, 0.15) is 93.6 Å². The van der Waals surface area contributed by atoms with Crippen LogP contribution in [-0.4, -0.2) is 54.0 Å². The van der Waals surface area contributed by atoms with Crippen molar-refractivity contribution >= 4 is 24.1 Å². The Kier molecular flexibility index (Phi) is 13.6. The molecule has 2 N–H and O–H groups in total. The molecular formula is C30H47NO9. The van der Waals surface area contributed by atoms with Gasteiger partial charge in [-0.2, -0.15) is 0 Å². The van der Waals surface area contributed by atoms with E-state index in [4.69, 9.17) is 18.9 Å². The van der Waals surface area contributed by atoms with Gasteiger partial charge in [0.15, 0.2) is 11.5 Å². The summed E-state index contributed by atoms with van der Waals surface area (Å²) in [5.74, 6) is -1.97. The first-order valence-corrected chi connectivity index (χ1v) is 13.8. The van der Waals surface area contributed by atoms with E-state index in [9.17, 15) is 24.3 Å². The largest absolute Gasteiger partial charge is 0.508 e. The smallest absolute Gasteiger partial charge is 0.480 e. The molecule has 0 aliphatic rings. The molecular weight excluding hydrogens is 518 g/mol. The van der Waals surface area contributed by atoms with Gasteiger partial charge < -0.3 is 29.4 Å². The lowest BCUT2D eigenvalue weighted by molar-refractivity contribution is -0.139. The van der Waals surface area contributed by atoms with E-state index in [2.05, 4.69) is 5.32 Å². The van der Waals surface area contributed by atoms with Crippen LogP contribution in [0.3, 0.4) is 0 Å². The molecule has 40 heavy (non-hydrogen) atoms. The minimum Gasteiger partial charge on any atom is -0.480 e. The lowest BCUT2D eigenvalue weighted by Gasteiger charge is -2.21. The van der Waals surface area contributed by atoms with Crippen molar-refractivity contribution in [2.45, 2.75) is 113 Å². The maximum absolute atomic E-state index is 12.6. The summed E-state index contributed by atoms with van der Waals surface area (Å²) in [4.78, 5) is 49.0. The Morgan fingerprint density at radius 2 is 1.38 bits per heavy atom. The van der Waals surface area contributed by atoms with Crippen LogP contribution < -0.4 is 14.8 Å². The zero-order chi connectivity index (χ0) is 30.7. The number of aliphatic carboxylic acids is 1. The number of hydrogen-bond donors (Lipinski definition) is 2. The maximum Gasteiger partial charge on any atom is 0.508 e. The van der Waals surface area contributed by atoms with E-state index in [-0.39, 0.29) is 54.2 Å². The third-order valence-corrected chi connectivity index (χ3v) is 5.48. The van der Waals surface area contributed by atoms with Gasteiger partial charge in [0.1, 0.15) is 18.2 Å². The molecule has 1 rings (SSSR count). The maximum atomic E-state index is 12.6. The average Bonchev–Trinajstić information content (AvgIpc) is 2.75. The van der Waals surface area contributed by atoms with Crippen molar-refractivity contribution in [2.75, 3.05) is 6.54 Å². The van der Waals surface area contributed by atoms with Crippen molar-refractivity contribution in [3.05, 3.63) is 23.8 Å². The molecule has 2 unspecified atom stereocenters. The molecule has 1 aromatic carbocycles. The number of nitrogens with one attached hydrogen (secondary N) is 1. The fraction of sp³-hybridized carbons (Fsp3) is 0.667. The van der Waals surface area contributed by atoms with E-state index < -0.39 is 36.2 Å². The van der Waals surface area contributed by atoms with Gasteiger partial charge in [-0.3, -0.25) is 14.4 Å². The highest BCUT2D eigenvalue weighted by molar-refractivity contribution is 5.77. The van der Waals surface area contributed by atoms with Gasteiger partial charge in [-0.25, -0.2) is 4.79 Å². The second-order valence-corrected chi connectivity index (χ2v) is 12.6. The van der Waals surface area contributed by atoms with Crippen LogP contribution in [-0.2, 0) is 30.3 Å². The summed E-state index contributed by atoms with van der Waals surface area (Å²) < 4.78 is 21.5. The van der Waals surface area contributed by atoms with Crippen LogP contribution in [0.25, 0.3) is 0 Å². The van der Waals surface area contributed by atoms with Gasteiger partial charge in [-0.15, -0.1) is 0 Å². The summed E-state index contributed by atoms with van der Waals surface area (Å²) in [5, 5.41) is 12.7. The molecule has 0 spiro atoms. The summed E-state index contributed by atoms with van der Waals surface area (Å²) in [7, 11) is 0. The monoisotopic (exact) mass is 565 g/mol. The Balaban J connectivity index is 3.01. The molecule has 0 saturated carbocycles. The van der Waals surface area contributed by atoms with Crippen molar-refractivity contribution in [3.8, 4) is 11.5 Å². The van der Waals surface area contributed by atoms with Gasteiger partial charge in [0.25, 0.3) is 0 Å². The highest BCUT2D eigenvalue weighted by Crippen LogP contribution is 2.32. The van der Waals surface area contributed by atoms with Gasteiger partial charge >= 0.3 is 24.1 Å². The minimum atomic E-state index is -1.11. The quantitative estimate of drug-likeness (QED) is 0.214. The average molecular weight is 566 g/mol. The number of carbonyl (C=O) groups excluding carboxylic acids is 3. The molecule has 0 aliphatic carbocycles. The second kappa shape index (κ2) is 15.6. The van der Waals surface area contributed by atoms with E-state index in [0.29, 0.717) is 12.0 Å². The first-order valence-electron chi connectivity index (χ1n) is 13.8. The highest BCUT2D eigenvalue weighted by Gasteiger charge is 2.25. The SMILES string of the molecule is CCCC(C)OC(=O)OC(C)CN[C@@H](Cc1ccc(OC(=O)CC(C)(C)C)c(OC(=O)CC(C)(C)C)c1)C(=O)O. The number of carbonyl (C=O) groups is 4. The van der Waals surface area contributed by atoms with Gasteiger partial charge in [0.05, 0.1) is 12.8 Å². The molecule has 0 aliphatic heterocycles. The van der Waals surface area contributed by atoms with Gasteiger partial charge in [-0.05, 0) is 55.2 Å². The number of ether oxygens (including phenoxy) is 4. The van der Waals surface area contributed by atoms with Crippen LogP contribution in [0, 0.1) is 10.8 Å². The molecule has 0 fully saturated rings. The summed E-state index contributed by atoms with van der Waals surface area (Å²) in [6, 6.07) is 3.58. The molecule has 0 heterocycles. The predicted molar refractivity (Wildman–Crippen MR) is 150 cm³/mol. The molecule has 10 nitrogen and oxygen atoms in total. The van der Waals surface area contributed by atoms with E-state index in [0.717, 1.165) is 6.42 Å². The Morgan fingerprint density at radius 1 is 0.850 bits per heavy atom. The van der Waals surface area contributed by atoms with Crippen molar-refractivity contribution in [1.82, 2.24) is 5.32 Å². The molecule has 0 bridgehead atoms. The number of esters is 2. The first kappa shape index (κ1) is 34.9. The molecule has 0 saturated heterocycles. The first-order chi connectivity index (χ1) is 18.4. The molecule has 1 aromatic rings. The zero-order valence-corrected chi connectivity index (χ0v) is 25.4. The van der Waals surface area contributed by atoms with Gasteiger partial charge in [0.2, 0.25) is 0 Å². The minimum absolute atomic E-state index is 0.0278. The summed E-state index contributed by atoms with van der Waals surface area (Å²) in [6.07, 6.45) is 0.174. The van der Waals surface area contributed by atoms with E-state index in [1.807, 2.05) is 48.5 Å². The molecule has 3 atom stereocenters. The second-order valence-electron chi connectivity index (χ2n) is 12.6. The van der Waals surface area contributed by atoms with E-state index in [1.165, 1.54) is 12.1 Å². The van der Waals surface area contributed by atoms with Crippen molar-refractivity contribution in [1.29, 1.82) is 0 Å². The Labute approximate surface area is 238 Å². The van der Waals surface area contributed by atoms with Crippen LogP contribution >= 0.6 is 0 Å². The lowest BCUT2D eigenvalue weighted by Crippen LogP contribution is -2.42. The predicted octanol–water partition coefficient (Wildman–Crippen LogP) is 5.69. The van der Waals surface area contributed by atoms with Crippen LogP contribution in [0.5, 0.6) is 11.5 Å². The van der Waals surface area contributed by atoms with Crippen molar-refractivity contribution < 1.29 is 43.2 Å². The molecule has 10 heteroatoms. The van der Waals surface area contributed by atoms with Gasteiger partial charge in [-0.1, -0.05) is 61.0 Å². The van der Waals surface area contributed by atoms with Gasteiger partial charge in [0, 0.05) is 6.54 Å². The Morgan fingerprint density at radius 3 is 1.88 bits per heavy atom. The molecule has 226 valence electrons. The van der Waals surface area contributed by atoms with E-state index in [1.54, 1.807) is 19.9 Å². The van der Waals surface area contributed by atoms with Crippen LogP contribution in [0.2, 0.25) is 0 Å². The third-order valence-electron chi connectivity index (χ3n) is 5.48. The number of benzene rings is 1. The number of hydrogen-bond acceptors (Lipinski definition) is 9. The summed E-state index contributed by atoms with van der Waals surface area (Å²) >= 11 is 0. The molecule has 0 radical (unpaired) electrons.